The van der Waals surface area contributed by atoms with Crippen LogP contribution in [0.5, 0.6) is 0 Å². The molecule has 3 nitrogen and oxygen atoms in total. The minimum Gasteiger partial charge on any atom is -0.339 e. The van der Waals surface area contributed by atoms with Gasteiger partial charge in [-0.05, 0) is 38.1 Å². The highest BCUT2D eigenvalue weighted by Crippen LogP contribution is 2.30. The largest absolute Gasteiger partial charge is 0.339 e. The molecular formula is C13H24N2O. The Bertz CT molecular complexity index is 242. The Labute approximate surface area is 98.4 Å². The number of nitrogens with two attached hydrogens (primary N) is 1. The summed E-state index contributed by atoms with van der Waals surface area (Å²) in [6, 6.07) is 0.454. The lowest BCUT2D eigenvalue weighted by Crippen LogP contribution is -2.45. The van der Waals surface area contributed by atoms with Crippen LogP contribution < -0.4 is 5.73 Å². The molecule has 0 aromatic heterocycles. The van der Waals surface area contributed by atoms with E-state index in [-0.39, 0.29) is 0 Å². The number of hydrogen-bond donors (Lipinski definition) is 1. The van der Waals surface area contributed by atoms with E-state index in [1.54, 1.807) is 0 Å². The molecule has 1 heterocycles. The van der Waals surface area contributed by atoms with E-state index >= 15 is 0 Å². The zero-order valence-electron chi connectivity index (χ0n) is 10.2. The van der Waals surface area contributed by atoms with Crippen molar-refractivity contribution in [2.45, 2.75) is 57.4 Å². The Hall–Kier alpha value is -0.570. The molecule has 2 atom stereocenters. The van der Waals surface area contributed by atoms with Crippen LogP contribution in [0.1, 0.15) is 51.4 Å². The third-order valence-corrected chi connectivity index (χ3v) is 4.18. The van der Waals surface area contributed by atoms with Crippen LogP contribution in [0.4, 0.5) is 0 Å². The molecule has 0 aromatic rings. The summed E-state index contributed by atoms with van der Waals surface area (Å²) in [5.74, 6) is 0.938. The zero-order chi connectivity index (χ0) is 11.4. The lowest BCUT2D eigenvalue weighted by molar-refractivity contribution is -0.134. The molecule has 2 N–H and O–H groups in total. The van der Waals surface area contributed by atoms with Gasteiger partial charge >= 0.3 is 0 Å². The van der Waals surface area contributed by atoms with Gasteiger partial charge in [0.15, 0.2) is 0 Å². The summed E-state index contributed by atoms with van der Waals surface area (Å²) >= 11 is 0. The molecule has 0 bridgehead atoms. The van der Waals surface area contributed by atoms with Crippen LogP contribution in [0.15, 0.2) is 0 Å². The molecule has 0 aromatic carbocycles. The lowest BCUT2D eigenvalue weighted by atomic mass is 9.99. The van der Waals surface area contributed by atoms with Crippen LogP contribution in [-0.2, 0) is 4.79 Å². The van der Waals surface area contributed by atoms with Crippen LogP contribution in [0.2, 0.25) is 0 Å². The van der Waals surface area contributed by atoms with Gasteiger partial charge in [-0.2, -0.15) is 0 Å². The molecule has 2 unspecified atom stereocenters. The highest BCUT2D eigenvalue weighted by atomic mass is 16.2. The van der Waals surface area contributed by atoms with Gasteiger partial charge in [-0.1, -0.05) is 19.3 Å². The maximum Gasteiger partial charge on any atom is 0.222 e. The first-order chi connectivity index (χ1) is 7.83. The molecule has 2 rings (SSSR count). The Morgan fingerprint density at radius 3 is 2.75 bits per heavy atom. The van der Waals surface area contributed by atoms with E-state index in [0.29, 0.717) is 17.9 Å². The van der Waals surface area contributed by atoms with Crippen molar-refractivity contribution in [3.8, 4) is 0 Å². The van der Waals surface area contributed by atoms with Crippen LogP contribution in [0.3, 0.4) is 0 Å². The molecule has 2 aliphatic rings. The minimum absolute atomic E-state index is 0.380. The van der Waals surface area contributed by atoms with Crippen molar-refractivity contribution in [2.75, 3.05) is 13.1 Å². The fourth-order valence-corrected chi connectivity index (χ4v) is 3.23. The summed E-state index contributed by atoms with van der Waals surface area (Å²) in [7, 11) is 0. The SMILES string of the molecule is NCC1CCCC1N1CCCCCCC1=O. The lowest BCUT2D eigenvalue weighted by Gasteiger charge is -2.34. The molecule has 3 heteroatoms. The van der Waals surface area contributed by atoms with E-state index in [9.17, 15) is 4.79 Å². The Balaban J connectivity index is 2.01. The van der Waals surface area contributed by atoms with Crippen LogP contribution in [0.25, 0.3) is 0 Å². The van der Waals surface area contributed by atoms with Crippen molar-refractivity contribution in [2.24, 2.45) is 11.7 Å². The topological polar surface area (TPSA) is 46.3 Å². The maximum atomic E-state index is 12.1. The monoisotopic (exact) mass is 224 g/mol. The van der Waals surface area contributed by atoms with Crippen molar-refractivity contribution in [1.82, 2.24) is 4.90 Å². The first kappa shape index (κ1) is 11.9. The first-order valence-electron chi connectivity index (χ1n) is 6.82. The predicted octanol–water partition coefficient (Wildman–Crippen LogP) is 1.91. The second-order valence-electron chi connectivity index (χ2n) is 5.25. The number of carbonyl (C=O) groups excluding carboxylic acids is 1. The van der Waals surface area contributed by atoms with Crippen LogP contribution in [-0.4, -0.2) is 29.9 Å². The average Bonchev–Trinajstić information content (AvgIpc) is 2.72. The molecule has 1 saturated heterocycles. The molecule has 1 aliphatic heterocycles. The summed E-state index contributed by atoms with van der Waals surface area (Å²) in [6.07, 6.45) is 9.16. The number of rotatable bonds is 2. The number of nitrogens with zero attached hydrogens (tertiary/aromatic N) is 1. The Kier molecular flexibility index (Phi) is 4.22. The molecule has 0 radical (unpaired) electrons. The van der Waals surface area contributed by atoms with Gasteiger partial charge in [0.2, 0.25) is 5.91 Å². The Morgan fingerprint density at radius 2 is 1.94 bits per heavy atom. The third kappa shape index (κ3) is 2.57. The van der Waals surface area contributed by atoms with Gasteiger partial charge < -0.3 is 10.6 Å². The molecule has 0 spiro atoms. The molecule has 1 amide bonds. The smallest absolute Gasteiger partial charge is 0.222 e. The van der Waals surface area contributed by atoms with Gasteiger partial charge in [0.1, 0.15) is 0 Å². The van der Waals surface area contributed by atoms with Gasteiger partial charge in [-0.15, -0.1) is 0 Å². The maximum absolute atomic E-state index is 12.1. The van der Waals surface area contributed by atoms with Crippen molar-refractivity contribution in [1.29, 1.82) is 0 Å². The van der Waals surface area contributed by atoms with Gasteiger partial charge in [0.05, 0.1) is 0 Å². The molecule has 2 fully saturated rings. The fourth-order valence-electron chi connectivity index (χ4n) is 3.23. The minimum atomic E-state index is 0.380. The Morgan fingerprint density at radius 1 is 1.12 bits per heavy atom. The van der Waals surface area contributed by atoms with Crippen molar-refractivity contribution in [3.63, 3.8) is 0 Å². The quantitative estimate of drug-likeness (QED) is 0.778. The second-order valence-corrected chi connectivity index (χ2v) is 5.25. The van der Waals surface area contributed by atoms with E-state index in [2.05, 4.69) is 4.90 Å². The summed E-state index contributed by atoms with van der Waals surface area (Å²) < 4.78 is 0. The summed E-state index contributed by atoms with van der Waals surface area (Å²) in [6.45, 7) is 1.72. The number of hydrogen-bond acceptors (Lipinski definition) is 2. The third-order valence-electron chi connectivity index (χ3n) is 4.18. The number of amides is 1. The van der Waals surface area contributed by atoms with E-state index in [1.165, 1.54) is 38.5 Å². The van der Waals surface area contributed by atoms with Gasteiger partial charge in [-0.3, -0.25) is 4.79 Å². The zero-order valence-corrected chi connectivity index (χ0v) is 10.2. The molecule has 1 saturated carbocycles. The molecule has 1 aliphatic carbocycles. The summed E-state index contributed by atoms with van der Waals surface area (Å²) in [4.78, 5) is 14.3. The second kappa shape index (κ2) is 5.67. The highest BCUT2D eigenvalue weighted by Gasteiger charge is 2.33. The van der Waals surface area contributed by atoms with E-state index in [4.69, 9.17) is 5.73 Å². The van der Waals surface area contributed by atoms with Gasteiger partial charge in [-0.25, -0.2) is 0 Å². The molecule has 16 heavy (non-hydrogen) atoms. The summed E-state index contributed by atoms with van der Waals surface area (Å²) in [5, 5.41) is 0. The standard InChI is InChI=1S/C13H24N2O/c14-10-11-6-5-7-12(11)15-9-4-2-1-3-8-13(15)16/h11-12H,1-10,14H2. The van der Waals surface area contributed by atoms with Crippen LogP contribution in [0, 0.1) is 5.92 Å². The highest BCUT2D eigenvalue weighted by molar-refractivity contribution is 5.76. The van der Waals surface area contributed by atoms with E-state index in [0.717, 1.165) is 25.9 Å². The van der Waals surface area contributed by atoms with Gasteiger partial charge in [0.25, 0.3) is 0 Å². The molecule has 92 valence electrons. The summed E-state index contributed by atoms with van der Waals surface area (Å²) in [5.41, 5.74) is 5.81. The van der Waals surface area contributed by atoms with Crippen molar-refractivity contribution >= 4 is 5.91 Å². The fraction of sp³-hybridized carbons (Fsp3) is 0.923. The first-order valence-corrected chi connectivity index (χ1v) is 6.82. The number of carbonyl (C=O) groups is 1. The van der Waals surface area contributed by atoms with E-state index in [1.807, 2.05) is 0 Å². The number of likely N-dealkylation sites (tertiary alicyclic amines) is 1. The average molecular weight is 224 g/mol. The van der Waals surface area contributed by atoms with E-state index < -0.39 is 0 Å². The van der Waals surface area contributed by atoms with Crippen molar-refractivity contribution in [3.05, 3.63) is 0 Å². The molecular weight excluding hydrogens is 200 g/mol. The predicted molar refractivity (Wildman–Crippen MR) is 65.0 cm³/mol. The normalized spacial score (nSPS) is 32.6. The van der Waals surface area contributed by atoms with Gasteiger partial charge in [0, 0.05) is 19.0 Å². The van der Waals surface area contributed by atoms with Crippen LogP contribution >= 0.6 is 0 Å². The van der Waals surface area contributed by atoms with Crippen molar-refractivity contribution < 1.29 is 4.79 Å².